The molecule has 0 fully saturated rings. The Hall–Kier alpha value is -2.15. The molecule has 7 nitrogen and oxygen atoms in total. The Kier molecular flexibility index (Phi) is 7.64. The average Bonchev–Trinajstić information content (AvgIpc) is 2.46. The number of hydrogen-bond acceptors (Lipinski definition) is 4. The lowest BCUT2D eigenvalue weighted by Crippen LogP contribution is -2.52. The molecule has 0 spiro atoms. The highest BCUT2D eigenvalue weighted by Gasteiger charge is 2.26. The minimum atomic E-state index is -1.16. The van der Waals surface area contributed by atoms with Crippen molar-refractivity contribution in [3.8, 4) is 0 Å². The van der Waals surface area contributed by atoms with Crippen LogP contribution in [0.3, 0.4) is 0 Å². The maximum absolute atomic E-state index is 12.3. The second-order valence-electron chi connectivity index (χ2n) is 5.98. The minimum absolute atomic E-state index is 0.0692. The summed E-state index contributed by atoms with van der Waals surface area (Å²) in [5.74, 6) is -1.86. The number of nitrogens with one attached hydrogen (secondary N) is 2. The lowest BCUT2D eigenvalue weighted by Gasteiger charge is -2.22. The van der Waals surface area contributed by atoms with E-state index < -0.39 is 24.0 Å². The molecule has 1 aromatic rings. The number of nitrogens with zero attached hydrogens (tertiary/aromatic N) is 1. The highest BCUT2D eigenvalue weighted by molar-refractivity contribution is 6.29. The van der Waals surface area contributed by atoms with Crippen molar-refractivity contribution in [1.82, 2.24) is 15.6 Å². The summed E-state index contributed by atoms with van der Waals surface area (Å²) in [6.07, 6.45) is 1.95. The molecule has 8 heteroatoms. The molecule has 3 N–H and O–H groups in total. The Labute approximate surface area is 145 Å². The maximum atomic E-state index is 12.3. The Morgan fingerprint density at radius 2 is 1.88 bits per heavy atom. The van der Waals surface area contributed by atoms with E-state index in [1.165, 1.54) is 13.1 Å². The molecule has 0 saturated carbocycles. The summed E-state index contributed by atoms with van der Waals surface area (Å²) in [6.45, 7) is 5.14. The number of aromatic nitrogens is 1. The van der Waals surface area contributed by atoms with Crippen molar-refractivity contribution < 1.29 is 19.5 Å². The fourth-order valence-electron chi connectivity index (χ4n) is 2.18. The van der Waals surface area contributed by atoms with E-state index in [1.807, 2.05) is 13.8 Å². The van der Waals surface area contributed by atoms with Crippen LogP contribution in [0.4, 0.5) is 0 Å². The largest absolute Gasteiger partial charge is 0.480 e. The molecule has 1 rings (SSSR count). The monoisotopic (exact) mass is 355 g/mol. The molecule has 0 radical (unpaired) electrons. The van der Waals surface area contributed by atoms with E-state index >= 15 is 0 Å². The molecule has 1 heterocycles. The number of amides is 2. The van der Waals surface area contributed by atoms with Gasteiger partial charge in [0.1, 0.15) is 17.2 Å². The van der Waals surface area contributed by atoms with Gasteiger partial charge in [0.25, 0.3) is 0 Å². The van der Waals surface area contributed by atoms with Crippen molar-refractivity contribution in [2.75, 3.05) is 0 Å². The molecule has 2 amide bonds. The van der Waals surface area contributed by atoms with Crippen LogP contribution in [0, 0.1) is 5.92 Å². The third kappa shape index (κ3) is 6.95. The van der Waals surface area contributed by atoms with E-state index in [-0.39, 0.29) is 18.2 Å². The molecule has 1 aromatic heterocycles. The van der Waals surface area contributed by atoms with Gasteiger partial charge >= 0.3 is 5.97 Å². The summed E-state index contributed by atoms with van der Waals surface area (Å²) >= 11 is 5.70. The Morgan fingerprint density at radius 1 is 1.21 bits per heavy atom. The number of pyridine rings is 1. The van der Waals surface area contributed by atoms with Crippen LogP contribution in [0.15, 0.2) is 18.3 Å². The third-order valence-corrected chi connectivity index (χ3v) is 3.47. The smallest absolute Gasteiger partial charge is 0.326 e. The normalized spacial score (nSPS) is 13.2. The Balaban J connectivity index is 2.80. The van der Waals surface area contributed by atoms with Crippen molar-refractivity contribution in [2.24, 2.45) is 5.92 Å². The van der Waals surface area contributed by atoms with Gasteiger partial charge in [0.05, 0.1) is 0 Å². The fraction of sp³-hybridized carbons (Fsp3) is 0.500. The van der Waals surface area contributed by atoms with Crippen molar-refractivity contribution in [3.05, 3.63) is 29.0 Å². The maximum Gasteiger partial charge on any atom is 0.326 e. The molecule has 24 heavy (non-hydrogen) atoms. The number of carboxylic acid groups (broad SMARTS) is 1. The van der Waals surface area contributed by atoms with Crippen LogP contribution in [-0.2, 0) is 20.8 Å². The van der Waals surface area contributed by atoms with Gasteiger partial charge in [0, 0.05) is 19.5 Å². The molecule has 0 aliphatic heterocycles. The number of carboxylic acids is 1. The number of aliphatic carboxylic acids is 1. The van der Waals surface area contributed by atoms with Gasteiger partial charge in [-0.2, -0.15) is 0 Å². The van der Waals surface area contributed by atoms with Gasteiger partial charge in [-0.15, -0.1) is 0 Å². The standard InChI is InChI=1S/C16H22ClN3O4/c1-9(2)6-12(19-10(3)21)15(22)20-13(16(23)24)7-11-4-5-14(17)18-8-11/h4-5,8-9,12-13H,6-7H2,1-3H3,(H,19,21)(H,20,22)(H,23,24)/t12-,13-/m0/s1. The van der Waals surface area contributed by atoms with Crippen LogP contribution in [0.1, 0.15) is 32.8 Å². The lowest BCUT2D eigenvalue weighted by molar-refractivity contribution is -0.142. The first kappa shape index (κ1) is 19.9. The van der Waals surface area contributed by atoms with Gasteiger partial charge in [-0.05, 0) is 24.0 Å². The van der Waals surface area contributed by atoms with Gasteiger partial charge in [-0.25, -0.2) is 9.78 Å². The van der Waals surface area contributed by atoms with Gasteiger partial charge in [0.2, 0.25) is 11.8 Å². The molecule has 2 atom stereocenters. The van der Waals surface area contributed by atoms with E-state index in [9.17, 15) is 19.5 Å². The van der Waals surface area contributed by atoms with E-state index in [0.717, 1.165) is 0 Å². The Bertz CT molecular complexity index is 589. The summed E-state index contributed by atoms with van der Waals surface area (Å²) in [4.78, 5) is 38.9. The predicted molar refractivity (Wildman–Crippen MR) is 89.6 cm³/mol. The summed E-state index contributed by atoms with van der Waals surface area (Å²) in [7, 11) is 0. The van der Waals surface area contributed by atoms with Crippen molar-refractivity contribution >= 4 is 29.4 Å². The number of halogens is 1. The summed E-state index contributed by atoms with van der Waals surface area (Å²) in [5.41, 5.74) is 0.632. The molecular weight excluding hydrogens is 334 g/mol. The Morgan fingerprint density at radius 3 is 2.33 bits per heavy atom. The van der Waals surface area contributed by atoms with Crippen LogP contribution < -0.4 is 10.6 Å². The zero-order chi connectivity index (χ0) is 18.3. The number of rotatable bonds is 8. The highest BCUT2D eigenvalue weighted by atomic mass is 35.5. The van der Waals surface area contributed by atoms with Gasteiger partial charge in [-0.1, -0.05) is 31.5 Å². The molecule has 0 aliphatic carbocycles. The average molecular weight is 356 g/mol. The van der Waals surface area contributed by atoms with Gasteiger partial charge in [0.15, 0.2) is 0 Å². The highest BCUT2D eigenvalue weighted by Crippen LogP contribution is 2.09. The van der Waals surface area contributed by atoms with Crippen molar-refractivity contribution in [2.45, 2.75) is 45.7 Å². The quantitative estimate of drug-likeness (QED) is 0.611. The van der Waals surface area contributed by atoms with Crippen LogP contribution in [0.5, 0.6) is 0 Å². The summed E-state index contributed by atoms with van der Waals surface area (Å²) in [6, 6.07) is 1.31. The van der Waals surface area contributed by atoms with Crippen molar-refractivity contribution in [1.29, 1.82) is 0 Å². The first-order valence-electron chi connectivity index (χ1n) is 7.59. The SMILES string of the molecule is CC(=O)N[C@@H](CC(C)C)C(=O)N[C@@H](Cc1ccc(Cl)nc1)C(=O)O. The third-order valence-electron chi connectivity index (χ3n) is 3.24. The first-order valence-corrected chi connectivity index (χ1v) is 7.97. The van der Waals surface area contributed by atoms with E-state index in [2.05, 4.69) is 15.6 Å². The zero-order valence-corrected chi connectivity index (χ0v) is 14.6. The van der Waals surface area contributed by atoms with Crippen LogP contribution in [0.25, 0.3) is 0 Å². The van der Waals surface area contributed by atoms with Crippen LogP contribution in [0.2, 0.25) is 5.15 Å². The minimum Gasteiger partial charge on any atom is -0.480 e. The zero-order valence-electron chi connectivity index (χ0n) is 13.9. The van der Waals surface area contributed by atoms with Gasteiger partial charge < -0.3 is 15.7 Å². The molecule has 0 unspecified atom stereocenters. The first-order chi connectivity index (χ1) is 11.2. The van der Waals surface area contributed by atoms with E-state index in [1.54, 1.807) is 12.1 Å². The van der Waals surface area contributed by atoms with Crippen LogP contribution >= 0.6 is 11.6 Å². The molecule has 0 saturated heterocycles. The van der Waals surface area contributed by atoms with E-state index in [0.29, 0.717) is 17.1 Å². The van der Waals surface area contributed by atoms with Crippen molar-refractivity contribution in [3.63, 3.8) is 0 Å². The topological polar surface area (TPSA) is 108 Å². The molecule has 0 aromatic carbocycles. The molecular formula is C16H22ClN3O4. The number of carbonyl (C=O) groups excluding carboxylic acids is 2. The predicted octanol–water partition coefficient (Wildman–Crippen LogP) is 1.40. The fourth-order valence-corrected chi connectivity index (χ4v) is 2.30. The van der Waals surface area contributed by atoms with Gasteiger partial charge in [-0.3, -0.25) is 9.59 Å². The molecule has 0 aliphatic rings. The molecule has 0 bridgehead atoms. The van der Waals surface area contributed by atoms with Crippen LogP contribution in [-0.4, -0.2) is 40.0 Å². The van der Waals surface area contributed by atoms with E-state index in [4.69, 9.17) is 11.6 Å². The summed E-state index contributed by atoms with van der Waals surface area (Å²) in [5, 5.41) is 14.7. The second-order valence-corrected chi connectivity index (χ2v) is 6.36. The second kappa shape index (κ2) is 9.22. The number of hydrogen-bond donors (Lipinski definition) is 3. The molecule has 132 valence electrons. The summed E-state index contributed by atoms with van der Waals surface area (Å²) < 4.78 is 0. The number of carbonyl (C=O) groups is 3. The lowest BCUT2D eigenvalue weighted by atomic mass is 10.0.